The van der Waals surface area contributed by atoms with Gasteiger partial charge in [0.25, 0.3) is 0 Å². The maximum Gasteiger partial charge on any atom is 0.223 e. The molecule has 0 saturated carbocycles. The average molecular weight is 326 g/mol. The first-order valence-corrected chi connectivity index (χ1v) is 8.06. The fourth-order valence-electron chi connectivity index (χ4n) is 2.73. The lowest BCUT2D eigenvalue weighted by Gasteiger charge is -2.34. The van der Waals surface area contributed by atoms with E-state index in [1.807, 2.05) is 32.9 Å². The van der Waals surface area contributed by atoms with E-state index in [1.54, 1.807) is 6.07 Å². The van der Waals surface area contributed by atoms with Crippen LogP contribution in [0, 0.1) is 12.8 Å². The number of hydrogen-bond acceptors (Lipinski definition) is 3. The maximum atomic E-state index is 12.2. The van der Waals surface area contributed by atoms with Crippen LogP contribution in [0.5, 0.6) is 5.75 Å². The number of carbonyl (C=O) groups is 1. The second-order valence-corrected chi connectivity index (χ2v) is 6.73. The van der Waals surface area contributed by atoms with Gasteiger partial charge in [0.05, 0.1) is 17.2 Å². The molecule has 0 aromatic heterocycles. The number of nitrogens with one attached hydrogen (secondary N) is 1. The normalized spacial score (nSPS) is 20.5. The molecule has 1 amide bonds. The smallest absolute Gasteiger partial charge is 0.223 e. The summed E-state index contributed by atoms with van der Waals surface area (Å²) in [7, 11) is 0. The third-order valence-electron chi connectivity index (χ3n) is 3.88. The van der Waals surface area contributed by atoms with Crippen LogP contribution in [0.2, 0.25) is 5.02 Å². The summed E-state index contributed by atoms with van der Waals surface area (Å²) in [6.07, 6.45) is 1.53. The molecule has 1 aromatic rings. The van der Waals surface area contributed by atoms with Gasteiger partial charge in [0, 0.05) is 12.5 Å². The van der Waals surface area contributed by atoms with E-state index in [0.29, 0.717) is 30.5 Å². The molecular weight excluding hydrogens is 302 g/mol. The number of carbonyl (C=O) groups excluding carboxylic acids is 1. The minimum Gasteiger partial charge on any atom is -0.490 e. The van der Waals surface area contributed by atoms with Crippen molar-refractivity contribution in [3.8, 4) is 5.75 Å². The highest BCUT2D eigenvalue weighted by Crippen LogP contribution is 2.29. The van der Waals surface area contributed by atoms with Gasteiger partial charge in [-0.25, -0.2) is 0 Å². The van der Waals surface area contributed by atoms with Gasteiger partial charge in [-0.15, -0.1) is 0 Å². The van der Waals surface area contributed by atoms with Crippen LogP contribution in [0.25, 0.3) is 0 Å². The van der Waals surface area contributed by atoms with Gasteiger partial charge in [0.1, 0.15) is 12.4 Å². The molecule has 1 N–H and O–H groups in total. The summed E-state index contributed by atoms with van der Waals surface area (Å²) < 4.78 is 11.3. The van der Waals surface area contributed by atoms with Gasteiger partial charge in [0.2, 0.25) is 5.91 Å². The van der Waals surface area contributed by atoms with Crippen molar-refractivity contribution in [2.75, 3.05) is 19.8 Å². The third kappa shape index (κ3) is 4.62. The Labute approximate surface area is 137 Å². The Morgan fingerprint density at radius 3 is 2.95 bits per heavy atom. The molecule has 1 heterocycles. The predicted octanol–water partition coefficient (Wildman–Crippen LogP) is 3.35. The highest BCUT2D eigenvalue weighted by molar-refractivity contribution is 6.32. The highest BCUT2D eigenvalue weighted by atomic mass is 35.5. The maximum absolute atomic E-state index is 12.2. The summed E-state index contributed by atoms with van der Waals surface area (Å²) in [5.41, 5.74) is 0.774. The Hall–Kier alpha value is -1.26. The Balaban J connectivity index is 1.76. The first-order valence-electron chi connectivity index (χ1n) is 7.69. The summed E-state index contributed by atoms with van der Waals surface area (Å²) in [5.74, 6) is 0.785. The number of aryl methyl sites for hydroxylation is 1. The molecule has 0 bridgehead atoms. The van der Waals surface area contributed by atoms with E-state index >= 15 is 0 Å². The predicted molar refractivity (Wildman–Crippen MR) is 87.4 cm³/mol. The van der Waals surface area contributed by atoms with Crippen LogP contribution in [0.4, 0.5) is 0 Å². The number of halogens is 1. The lowest BCUT2D eigenvalue weighted by Crippen LogP contribution is -2.42. The molecule has 1 aromatic carbocycles. The van der Waals surface area contributed by atoms with Crippen molar-refractivity contribution in [1.29, 1.82) is 0 Å². The van der Waals surface area contributed by atoms with Crippen molar-refractivity contribution >= 4 is 17.5 Å². The van der Waals surface area contributed by atoms with E-state index in [-0.39, 0.29) is 17.4 Å². The fraction of sp³-hybridized carbons (Fsp3) is 0.588. The topological polar surface area (TPSA) is 47.6 Å². The number of para-hydroxylation sites is 1. The summed E-state index contributed by atoms with van der Waals surface area (Å²) >= 11 is 6.10. The van der Waals surface area contributed by atoms with E-state index in [0.717, 1.165) is 18.4 Å². The average Bonchev–Trinajstić information content (AvgIpc) is 2.44. The molecular formula is C17H24ClNO3. The molecule has 2 rings (SSSR count). The van der Waals surface area contributed by atoms with Crippen LogP contribution < -0.4 is 10.1 Å². The van der Waals surface area contributed by atoms with Gasteiger partial charge in [-0.05, 0) is 45.2 Å². The molecule has 1 atom stereocenters. The first-order chi connectivity index (χ1) is 10.4. The standard InChI is InChI=1S/C17H24ClNO3/c1-12-5-4-6-14(18)15(12)21-10-8-19-16(20)13-7-9-22-17(2,3)11-13/h4-6,13H,7-11H2,1-3H3,(H,19,20)/t13-/m0/s1. The number of ether oxygens (including phenoxy) is 2. The highest BCUT2D eigenvalue weighted by Gasteiger charge is 2.32. The minimum atomic E-state index is -0.217. The van der Waals surface area contributed by atoms with E-state index in [9.17, 15) is 4.79 Å². The van der Waals surface area contributed by atoms with Crippen LogP contribution in [0.15, 0.2) is 18.2 Å². The number of hydrogen-bond donors (Lipinski definition) is 1. The summed E-state index contributed by atoms with van der Waals surface area (Å²) in [4.78, 5) is 12.2. The van der Waals surface area contributed by atoms with Crippen LogP contribution >= 0.6 is 11.6 Å². The molecule has 0 spiro atoms. The fourth-order valence-corrected chi connectivity index (χ4v) is 3.00. The van der Waals surface area contributed by atoms with Crippen LogP contribution in [0.3, 0.4) is 0 Å². The Morgan fingerprint density at radius 2 is 2.27 bits per heavy atom. The quantitative estimate of drug-likeness (QED) is 0.845. The second-order valence-electron chi connectivity index (χ2n) is 6.32. The molecule has 4 nitrogen and oxygen atoms in total. The molecule has 122 valence electrons. The monoisotopic (exact) mass is 325 g/mol. The zero-order chi connectivity index (χ0) is 16.2. The molecule has 0 aliphatic carbocycles. The SMILES string of the molecule is Cc1cccc(Cl)c1OCCNC(=O)[C@H]1CCOC(C)(C)C1. The van der Waals surface area contributed by atoms with Gasteiger partial charge < -0.3 is 14.8 Å². The zero-order valence-corrected chi connectivity index (χ0v) is 14.2. The van der Waals surface area contributed by atoms with Crippen molar-refractivity contribution in [2.24, 2.45) is 5.92 Å². The molecule has 0 radical (unpaired) electrons. The Kier molecular flexibility index (Phi) is 5.70. The van der Waals surface area contributed by atoms with Crippen LogP contribution in [-0.2, 0) is 9.53 Å². The molecule has 1 aliphatic heterocycles. The Bertz CT molecular complexity index is 510. The number of amides is 1. The molecule has 5 heteroatoms. The van der Waals surface area contributed by atoms with Crippen LogP contribution in [-0.4, -0.2) is 31.3 Å². The molecule has 1 fully saturated rings. The zero-order valence-electron chi connectivity index (χ0n) is 13.4. The van der Waals surface area contributed by atoms with E-state index in [4.69, 9.17) is 21.1 Å². The van der Waals surface area contributed by atoms with Crippen molar-refractivity contribution in [3.63, 3.8) is 0 Å². The summed E-state index contributed by atoms with van der Waals surface area (Å²) in [6, 6.07) is 5.63. The summed E-state index contributed by atoms with van der Waals surface area (Å²) in [6.45, 7) is 7.51. The van der Waals surface area contributed by atoms with Crippen molar-refractivity contribution in [1.82, 2.24) is 5.32 Å². The number of benzene rings is 1. The molecule has 1 aliphatic rings. The van der Waals surface area contributed by atoms with Gasteiger partial charge in [0.15, 0.2) is 0 Å². The summed E-state index contributed by atoms with van der Waals surface area (Å²) in [5, 5.41) is 3.53. The third-order valence-corrected chi connectivity index (χ3v) is 4.18. The second kappa shape index (κ2) is 7.34. The molecule has 22 heavy (non-hydrogen) atoms. The number of rotatable bonds is 5. The van der Waals surface area contributed by atoms with Gasteiger partial charge in [-0.1, -0.05) is 23.7 Å². The lowest BCUT2D eigenvalue weighted by molar-refractivity contribution is -0.135. The van der Waals surface area contributed by atoms with E-state index < -0.39 is 0 Å². The Morgan fingerprint density at radius 1 is 1.50 bits per heavy atom. The first kappa shape index (κ1) is 17.1. The van der Waals surface area contributed by atoms with Crippen LogP contribution in [0.1, 0.15) is 32.3 Å². The van der Waals surface area contributed by atoms with Gasteiger partial charge in [-0.3, -0.25) is 4.79 Å². The lowest BCUT2D eigenvalue weighted by atomic mass is 9.88. The van der Waals surface area contributed by atoms with E-state index in [1.165, 1.54) is 0 Å². The van der Waals surface area contributed by atoms with Crippen molar-refractivity contribution in [2.45, 2.75) is 39.2 Å². The van der Waals surface area contributed by atoms with Gasteiger partial charge in [-0.2, -0.15) is 0 Å². The molecule has 0 unspecified atom stereocenters. The minimum absolute atomic E-state index is 0.0193. The van der Waals surface area contributed by atoms with Crippen molar-refractivity contribution in [3.05, 3.63) is 28.8 Å². The van der Waals surface area contributed by atoms with Crippen molar-refractivity contribution < 1.29 is 14.3 Å². The largest absolute Gasteiger partial charge is 0.490 e. The van der Waals surface area contributed by atoms with E-state index in [2.05, 4.69) is 5.32 Å². The van der Waals surface area contributed by atoms with Gasteiger partial charge >= 0.3 is 0 Å². The molecule has 1 saturated heterocycles.